The highest BCUT2D eigenvalue weighted by Crippen LogP contribution is 2.30. The molecule has 1 N–H and O–H groups in total. The third-order valence-electron chi connectivity index (χ3n) is 4.77. The minimum atomic E-state index is 0.758. The maximum atomic E-state index is 6.16. The van der Waals surface area contributed by atoms with Crippen molar-refractivity contribution in [1.82, 2.24) is 19.7 Å². The zero-order valence-electron chi connectivity index (χ0n) is 13.8. The van der Waals surface area contributed by atoms with Gasteiger partial charge in [0.25, 0.3) is 0 Å². The fourth-order valence-corrected chi connectivity index (χ4v) is 3.76. The van der Waals surface area contributed by atoms with E-state index in [1.165, 1.54) is 27.7 Å². The Morgan fingerprint density at radius 1 is 1.42 bits per heavy atom. The summed E-state index contributed by atoms with van der Waals surface area (Å²) in [6.07, 6.45) is 5.06. The molecule has 24 heavy (non-hydrogen) atoms. The average Bonchev–Trinajstić information content (AvgIpc) is 3.08. The van der Waals surface area contributed by atoms with Gasteiger partial charge < -0.3 is 4.98 Å². The molecular weight excluding hydrogens is 320 g/mol. The number of rotatable bonds is 4. The van der Waals surface area contributed by atoms with E-state index in [4.69, 9.17) is 11.6 Å². The minimum absolute atomic E-state index is 0.758. The minimum Gasteiger partial charge on any atom is -0.357 e. The van der Waals surface area contributed by atoms with E-state index in [1.54, 1.807) is 0 Å². The Morgan fingerprint density at radius 2 is 2.29 bits per heavy atom. The van der Waals surface area contributed by atoms with Gasteiger partial charge in [-0.25, -0.2) is 0 Å². The van der Waals surface area contributed by atoms with Crippen LogP contribution in [0.3, 0.4) is 0 Å². The zero-order chi connectivity index (χ0) is 16.7. The van der Waals surface area contributed by atoms with E-state index < -0.39 is 0 Å². The van der Waals surface area contributed by atoms with E-state index in [0.717, 1.165) is 43.3 Å². The van der Waals surface area contributed by atoms with E-state index in [9.17, 15) is 0 Å². The monoisotopic (exact) mass is 340 g/mol. The summed E-state index contributed by atoms with van der Waals surface area (Å²) in [7, 11) is 0. The number of nitrogens with zero attached hydrogens (tertiary/aromatic N) is 3. The molecule has 2 aromatic heterocycles. The summed E-state index contributed by atoms with van der Waals surface area (Å²) >= 11 is 6.16. The standard InChI is InChI=1S/C19H21ClN4/c1-3-7-24-11-14(13(2)22-24)10-23-8-6-16-17-9-15(20)4-5-18(17)21-19(16)12-23/h3-5,9,11,21H,1,6-8,10,12H2,2H3. The van der Waals surface area contributed by atoms with Crippen LogP contribution in [0.5, 0.6) is 0 Å². The Balaban J connectivity index is 1.56. The number of aromatic amines is 1. The molecule has 0 unspecified atom stereocenters. The molecule has 1 aliphatic heterocycles. The molecule has 124 valence electrons. The van der Waals surface area contributed by atoms with Crippen molar-refractivity contribution in [3.8, 4) is 0 Å². The number of halogens is 1. The molecule has 4 nitrogen and oxygen atoms in total. The molecule has 0 fully saturated rings. The van der Waals surface area contributed by atoms with Crippen molar-refractivity contribution in [3.05, 3.63) is 64.6 Å². The number of fused-ring (bicyclic) bond motifs is 3. The van der Waals surface area contributed by atoms with E-state index >= 15 is 0 Å². The number of nitrogens with one attached hydrogen (secondary N) is 1. The highest BCUT2D eigenvalue weighted by molar-refractivity contribution is 6.31. The third-order valence-corrected chi connectivity index (χ3v) is 5.01. The lowest BCUT2D eigenvalue weighted by molar-refractivity contribution is 0.243. The van der Waals surface area contributed by atoms with Crippen molar-refractivity contribution < 1.29 is 0 Å². The van der Waals surface area contributed by atoms with E-state index in [1.807, 2.05) is 16.8 Å². The molecular formula is C19H21ClN4. The van der Waals surface area contributed by atoms with Crippen LogP contribution in [0, 0.1) is 6.92 Å². The largest absolute Gasteiger partial charge is 0.357 e. The van der Waals surface area contributed by atoms with Crippen molar-refractivity contribution in [3.63, 3.8) is 0 Å². The molecule has 0 aliphatic carbocycles. The lowest BCUT2D eigenvalue weighted by Crippen LogP contribution is -2.30. The molecule has 1 aromatic carbocycles. The second kappa shape index (κ2) is 6.11. The Kier molecular flexibility index (Phi) is 3.94. The second-order valence-electron chi connectivity index (χ2n) is 6.48. The molecule has 0 radical (unpaired) electrons. The number of aryl methyl sites for hydroxylation is 1. The van der Waals surface area contributed by atoms with Gasteiger partial charge in [-0.3, -0.25) is 9.58 Å². The number of allylic oxidation sites excluding steroid dienone is 1. The quantitative estimate of drug-likeness (QED) is 0.727. The molecule has 0 atom stereocenters. The van der Waals surface area contributed by atoms with E-state index in [0.29, 0.717) is 0 Å². The van der Waals surface area contributed by atoms with Gasteiger partial charge in [-0.15, -0.1) is 6.58 Å². The summed E-state index contributed by atoms with van der Waals surface area (Å²) < 4.78 is 1.96. The Morgan fingerprint density at radius 3 is 3.12 bits per heavy atom. The maximum absolute atomic E-state index is 6.16. The number of benzene rings is 1. The van der Waals surface area contributed by atoms with Gasteiger partial charge in [-0.2, -0.15) is 5.10 Å². The topological polar surface area (TPSA) is 36.9 Å². The van der Waals surface area contributed by atoms with Crippen molar-refractivity contribution in [2.24, 2.45) is 0 Å². The maximum Gasteiger partial charge on any atom is 0.0638 e. The first-order valence-electron chi connectivity index (χ1n) is 8.29. The molecule has 0 spiro atoms. The van der Waals surface area contributed by atoms with Gasteiger partial charge in [0, 0.05) is 53.0 Å². The fourth-order valence-electron chi connectivity index (χ4n) is 3.58. The average molecular weight is 341 g/mol. The molecule has 0 saturated heterocycles. The lowest BCUT2D eigenvalue weighted by atomic mass is 10.0. The van der Waals surface area contributed by atoms with Gasteiger partial charge in [0.15, 0.2) is 0 Å². The van der Waals surface area contributed by atoms with Gasteiger partial charge in [0.1, 0.15) is 0 Å². The first kappa shape index (κ1) is 15.5. The predicted molar refractivity (Wildman–Crippen MR) is 98.3 cm³/mol. The SMILES string of the molecule is C=CCn1cc(CN2CCc3c([nH]c4ccc(Cl)cc34)C2)c(C)n1. The molecule has 4 rings (SSSR count). The molecule has 0 amide bonds. The first-order valence-corrected chi connectivity index (χ1v) is 8.67. The molecule has 3 aromatic rings. The van der Waals surface area contributed by atoms with Crippen molar-refractivity contribution in [1.29, 1.82) is 0 Å². The lowest BCUT2D eigenvalue weighted by Gasteiger charge is -2.26. The zero-order valence-corrected chi connectivity index (χ0v) is 14.6. The van der Waals surface area contributed by atoms with Crippen molar-refractivity contribution in [2.75, 3.05) is 6.54 Å². The third kappa shape index (κ3) is 2.76. The van der Waals surface area contributed by atoms with Crippen LogP contribution in [0.25, 0.3) is 10.9 Å². The summed E-state index contributed by atoms with van der Waals surface area (Å²) in [6, 6.07) is 6.09. The number of H-pyrrole nitrogens is 1. The van der Waals surface area contributed by atoms with Gasteiger partial charge in [0.2, 0.25) is 0 Å². The Bertz CT molecular complexity index is 906. The van der Waals surface area contributed by atoms with Crippen LogP contribution < -0.4 is 0 Å². The Hall–Kier alpha value is -2.04. The molecule has 3 heterocycles. The van der Waals surface area contributed by atoms with Gasteiger partial charge in [-0.05, 0) is 37.1 Å². The fraction of sp³-hybridized carbons (Fsp3) is 0.316. The number of hydrogen-bond donors (Lipinski definition) is 1. The number of aromatic nitrogens is 3. The van der Waals surface area contributed by atoms with Crippen LogP contribution in [0.1, 0.15) is 22.5 Å². The van der Waals surface area contributed by atoms with E-state index in [2.05, 4.69) is 46.8 Å². The highest BCUT2D eigenvalue weighted by Gasteiger charge is 2.21. The first-order chi connectivity index (χ1) is 11.6. The normalized spacial score (nSPS) is 14.9. The van der Waals surface area contributed by atoms with Crippen LogP contribution in [0.15, 0.2) is 37.1 Å². The summed E-state index contributed by atoms with van der Waals surface area (Å²) in [5.74, 6) is 0. The summed E-state index contributed by atoms with van der Waals surface area (Å²) in [6.45, 7) is 9.54. The van der Waals surface area contributed by atoms with Crippen LogP contribution >= 0.6 is 11.6 Å². The molecule has 0 saturated carbocycles. The second-order valence-corrected chi connectivity index (χ2v) is 6.92. The summed E-state index contributed by atoms with van der Waals surface area (Å²) in [5.41, 5.74) is 6.31. The molecule has 0 bridgehead atoms. The van der Waals surface area contributed by atoms with Gasteiger partial charge in [0.05, 0.1) is 12.2 Å². The molecule has 1 aliphatic rings. The Labute approximate surface area is 146 Å². The highest BCUT2D eigenvalue weighted by atomic mass is 35.5. The van der Waals surface area contributed by atoms with Gasteiger partial charge >= 0.3 is 0 Å². The van der Waals surface area contributed by atoms with Crippen LogP contribution in [-0.4, -0.2) is 26.2 Å². The summed E-state index contributed by atoms with van der Waals surface area (Å²) in [5, 5.41) is 6.62. The van der Waals surface area contributed by atoms with Gasteiger partial charge in [-0.1, -0.05) is 17.7 Å². The van der Waals surface area contributed by atoms with E-state index in [-0.39, 0.29) is 0 Å². The van der Waals surface area contributed by atoms with Crippen molar-refractivity contribution >= 4 is 22.5 Å². The van der Waals surface area contributed by atoms with Crippen LogP contribution in [0.4, 0.5) is 0 Å². The van der Waals surface area contributed by atoms with Crippen molar-refractivity contribution in [2.45, 2.75) is 33.0 Å². The number of hydrogen-bond acceptors (Lipinski definition) is 2. The smallest absolute Gasteiger partial charge is 0.0638 e. The predicted octanol–water partition coefficient (Wildman–Crippen LogP) is 4.07. The van der Waals surface area contributed by atoms with Crippen LogP contribution in [-0.2, 0) is 26.1 Å². The molecule has 5 heteroatoms. The van der Waals surface area contributed by atoms with Crippen LogP contribution in [0.2, 0.25) is 5.02 Å². The summed E-state index contributed by atoms with van der Waals surface area (Å²) in [4.78, 5) is 6.04.